The third kappa shape index (κ3) is 4.86. The van der Waals surface area contributed by atoms with Crippen molar-refractivity contribution in [3.8, 4) is 0 Å². The van der Waals surface area contributed by atoms with Crippen LogP contribution in [0.3, 0.4) is 0 Å². The molecule has 2 unspecified atom stereocenters. The third-order valence-electron chi connectivity index (χ3n) is 7.57. The molecule has 4 aromatic rings. The molecular weight excluding hydrogens is 481 g/mol. The van der Waals surface area contributed by atoms with E-state index < -0.39 is 0 Å². The SMILES string of the molecule is CN(CCCCc1nc2cc(Cl)c(Cl)cc2[nH]1)C1CCC(n2ccc3c(NC4CC4)ncnc32)C1. The average molecular weight is 512 g/mol. The van der Waals surface area contributed by atoms with Crippen molar-refractivity contribution in [2.75, 3.05) is 18.9 Å². The second kappa shape index (κ2) is 9.60. The van der Waals surface area contributed by atoms with E-state index in [2.05, 4.69) is 54.0 Å². The number of aromatic amines is 1. The van der Waals surface area contributed by atoms with Crippen LogP contribution in [0.15, 0.2) is 30.7 Å². The lowest BCUT2D eigenvalue weighted by Gasteiger charge is -2.24. The smallest absolute Gasteiger partial charge is 0.145 e. The third-order valence-corrected chi connectivity index (χ3v) is 8.29. The number of hydrogen-bond acceptors (Lipinski definition) is 5. The Morgan fingerprint density at radius 2 is 1.97 bits per heavy atom. The van der Waals surface area contributed by atoms with Crippen LogP contribution >= 0.6 is 23.2 Å². The average Bonchev–Trinajstić information content (AvgIpc) is 3.22. The van der Waals surface area contributed by atoms with Gasteiger partial charge >= 0.3 is 0 Å². The summed E-state index contributed by atoms with van der Waals surface area (Å²) in [6.45, 7) is 1.10. The molecule has 2 N–H and O–H groups in total. The monoisotopic (exact) mass is 511 g/mol. The maximum absolute atomic E-state index is 6.12. The summed E-state index contributed by atoms with van der Waals surface area (Å²) >= 11 is 12.2. The second-order valence-corrected chi connectivity index (χ2v) is 10.9. The van der Waals surface area contributed by atoms with Crippen molar-refractivity contribution in [3.05, 3.63) is 46.6 Å². The van der Waals surface area contributed by atoms with Crippen molar-refractivity contribution < 1.29 is 0 Å². The zero-order valence-corrected chi connectivity index (χ0v) is 21.5. The largest absolute Gasteiger partial charge is 0.367 e. The number of aryl methyl sites for hydroxylation is 1. The van der Waals surface area contributed by atoms with Gasteiger partial charge in [0.05, 0.1) is 26.5 Å². The number of aromatic nitrogens is 5. The van der Waals surface area contributed by atoms with E-state index in [4.69, 9.17) is 23.2 Å². The fourth-order valence-corrected chi connectivity index (χ4v) is 5.72. The first-order chi connectivity index (χ1) is 17.0. The molecule has 9 heteroatoms. The van der Waals surface area contributed by atoms with E-state index >= 15 is 0 Å². The van der Waals surface area contributed by atoms with Gasteiger partial charge in [0.15, 0.2) is 0 Å². The Hall–Kier alpha value is -2.35. The molecule has 0 saturated heterocycles. The van der Waals surface area contributed by atoms with Crippen molar-refractivity contribution in [3.63, 3.8) is 0 Å². The zero-order valence-electron chi connectivity index (χ0n) is 20.0. The molecule has 3 aromatic heterocycles. The maximum Gasteiger partial charge on any atom is 0.145 e. The van der Waals surface area contributed by atoms with E-state index in [9.17, 15) is 0 Å². The van der Waals surface area contributed by atoms with Crippen LogP contribution in [0.5, 0.6) is 0 Å². The van der Waals surface area contributed by atoms with E-state index in [0.717, 1.165) is 59.5 Å². The molecule has 0 spiro atoms. The summed E-state index contributed by atoms with van der Waals surface area (Å²) in [5.41, 5.74) is 2.88. The Labute approximate surface area is 215 Å². The van der Waals surface area contributed by atoms with E-state index in [1.54, 1.807) is 6.33 Å². The number of hydrogen-bond donors (Lipinski definition) is 2. The van der Waals surface area contributed by atoms with Crippen LogP contribution in [-0.2, 0) is 6.42 Å². The highest BCUT2D eigenvalue weighted by Gasteiger charge is 2.30. The molecule has 0 radical (unpaired) electrons. The summed E-state index contributed by atoms with van der Waals surface area (Å²) in [5, 5.41) is 5.80. The molecule has 0 bridgehead atoms. The minimum absolute atomic E-state index is 0.498. The van der Waals surface area contributed by atoms with Crippen LogP contribution in [0.4, 0.5) is 5.82 Å². The predicted molar refractivity (Wildman–Crippen MR) is 143 cm³/mol. The summed E-state index contributed by atoms with van der Waals surface area (Å²) in [6, 6.07) is 7.55. The standard InChI is InChI=1S/C26H31Cl2N7/c1-34(10-3-2-4-24-32-22-13-20(27)21(28)14-23(22)33-24)17-7-8-18(12-17)35-11-9-19-25(31-16-5-6-16)29-15-30-26(19)35/h9,11,13-18H,2-8,10,12H2,1H3,(H,32,33)(H,29,30,31). The van der Waals surface area contributed by atoms with Crippen LogP contribution < -0.4 is 5.32 Å². The highest BCUT2D eigenvalue weighted by atomic mass is 35.5. The minimum atomic E-state index is 0.498. The Kier molecular flexibility index (Phi) is 6.33. The van der Waals surface area contributed by atoms with Gasteiger partial charge in [-0.3, -0.25) is 0 Å². The lowest BCUT2D eigenvalue weighted by Crippen LogP contribution is -2.30. The summed E-state index contributed by atoms with van der Waals surface area (Å²) in [6.07, 6.45) is 13.1. The van der Waals surface area contributed by atoms with Crippen molar-refractivity contribution >= 4 is 51.1 Å². The van der Waals surface area contributed by atoms with Crippen LogP contribution in [0, 0.1) is 0 Å². The number of H-pyrrole nitrogens is 1. The van der Waals surface area contributed by atoms with Crippen molar-refractivity contribution in [1.82, 2.24) is 29.4 Å². The molecule has 2 saturated carbocycles. The van der Waals surface area contributed by atoms with Gasteiger partial charge in [0, 0.05) is 30.7 Å². The number of nitrogens with one attached hydrogen (secondary N) is 2. The molecule has 2 aliphatic carbocycles. The Morgan fingerprint density at radius 3 is 2.83 bits per heavy atom. The van der Waals surface area contributed by atoms with Crippen LogP contribution in [0.25, 0.3) is 22.1 Å². The van der Waals surface area contributed by atoms with Gasteiger partial charge in [0.2, 0.25) is 0 Å². The van der Waals surface area contributed by atoms with E-state index in [1.165, 1.54) is 32.1 Å². The minimum Gasteiger partial charge on any atom is -0.367 e. The van der Waals surface area contributed by atoms with Gasteiger partial charge in [-0.15, -0.1) is 0 Å². The van der Waals surface area contributed by atoms with Crippen LogP contribution in [-0.4, -0.2) is 55.1 Å². The van der Waals surface area contributed by atoms with Crippen LogP contribution in [0.2, 0.25) is 10.0 Å². The number of imidazole rings is 1. The number of halogens is 2. The van der Waals surface area contributed by atoms with Crippen LogP contribution in [0.1, 0.15) is 56.8 Å². The fourth-order valence-electron chi connectivity index (χ4n) is 5.40. The predicted octanol–water partition coefficient (Wildman–Crippen LogP) is 6.24. The maximum atomic E-state index is 6.12. The Bertz CT molecular complexity index is 1300. The quantitative estimate of drug-likeness (QED) is 0.260. The number of fused-ring (bicyclic) bond motifs is 2. The van der Waals surface area contributed by atoms with Gasteiger partial charge < -0.3 is 19.8 Å². The number of anilines is 1. The normalized spacial score (nSPS) is 20.5. The summed E-state index contributed by atoms with van der Waals surface area (Å²) in [5.74, 6) is 1.98. The lowest BCUT2D eigenvalue weighted by atomic mass is 10.1. The summed E-state index contributed by atoms with van der Waals surface area (Å²) in [7, 11) is 2.27. The molecular formula is C26H31Cl2N7. The first-order valence-electron chi connectivity index (χ1n) is 12.7. The van der Waals surface area contributed by atoms with Gasteiger partial charge in [-0.05, 0) is 76.7 Å². The summed E-state index contributed by atoms with van der Waals surface area (Å²) in [4.78, 5) is 19.7. The van der Waals surface area contributed by atoms with E-state index in [0.29, 0.717) is 28.2 Å². The molecule has 0 aliphatic heterocycles. The molecule has 0 amide bonds. The van der Waals surface area contributed by atoms with Gasteiger partial charge in [-0.1, -0.05) is 23.2 Å². The first kappa shape index (κ1) is 23.1. The molecule has 2 atom stereocenters. The molecule has 184 valence electrons. The Balaban J connectivity index is 1.01. The van der Waals surface area contributed by atoms with Crippen molar-refractivity contribution in [2.45, 2.75) is 69.5 Å². The molecule has 1 aromatic carbocycles. The molecule has 7 nitrogen and oxygen atoms in total. The van der Waals surface area contributed by atoms with Crippen molar-refractivity contribution in [1.29, 1.82) is 0 Å². The van der Waals surface area contributed by atoms with Gasteiger partial charge in [-0.2, -0.15) is 0 Å². The molecule has 3 heterocycles. The highest BCUT2D eigenvalue weighted by Crippen LogP contribution is 2.36. The molecule has 2 aliphatic rings. The Morgan fingerprint density at radius 1 is 1.11 bits per heavy atom. The van der Waals surface area contributed by atoms with E-state index in [1.807, 2.05) is 12.1 Å². The van der Waals surface area contributed by atoms with Crippen molar-refractivity contribution in [2.24, 2.45) is 0 Å². The number of benzene rings is 1. The summed E-state index contributed by atoms with van der Waals surface area (Å²) < 4.78 is 2.38. The highest BCUT2D eigenvalue weighted by molar-refractivity contribution is 6.42. The van der Waals surface area contributed by atoms with Gasteiger partial charge in [0.1, 0.15) is 23.6 Å². The fraction of sp³-hybridized carbons (Fsp3) is 0.500. The molecule has 35 heavy (non-hydrogen) atoms. The first-order valence-corrected chi connectivity index (χ1v) is 13.4. The van der Waals surface area contributed by atoms with Gasteiger partial charge in [-0.25, -0.2) is 15.0 Å². The van der Waals surface area contributed by atoms with E-state index in [-0.39, 0.29) is 0 Å². The number of nitrogens with zero attached hydrogens (tertiary/aromatic N) is 5. The lowest BCUT2D eigenvalue weighted by molar-refractivity contribution is 0.236. The molecule has 6 rings (SSSR count). The number of unbranched alkanes of at least 4 members (excludes halogenated alkanes) is 1. The molecule has 2 fully saturated rings. The zero-order chi connectivity index (χ0) is 23.9. The van der Waals surface area contributed by atoms with Gasteiger partial charge in [0.25, 0.3) is 0 Å². The number of rotatable bonds is 9. The topological polar surface area (TPSA) is 74.7 Å². The second-order valence-electron chi connectivity index (χ2n) is 10.1.